The van der Waals surface area contributed by atoms with E-state index >= 15 is 0 Å². The number of methoxy groups -OCH3 is 1. The molecule has 0 unspecified atom stereocenters. The standard InChI is InChI=1S/C52H72N6O16/c1-5-6-7-8-9-10-11-12-16-19-41(60)56-43-45(62)44(61)40(28-59)74-52(43)73-39-27-32-26-38(47(39)71-4)72-37-21-20-31(25-36(37)58(69)70)24-35(54-48(64)33(53)22-29(2)3)49(65)55-34(23-30-17-14-13-15-18-30)50(66)57-42(32)46(63)51(67)68/h13-15,17-18,20-21,25-27,29,33-35,40,42-46,52,59,61-63H,5-12,16,19,22-24,28,53H2,1-4H3,(H,54,64)(H,55,65)(H,56,60)(H,57,66)(H,67,68)/t33-,34-,35+,40-,42-,43-,44-,45-,46-,52-/m1/s1. The second kappa shape index (κ2) is 28.3. The number of nitrogens with one attached hydrogen (secondary N) is 4. The summed E-state index contributed by atoms with van der Waals surface area (Å²) < 4.78 is 24.2. The van der Waals surface area contributed by atoms with Gasteiger partial charge >= 0.3 is 11.7 Å². The maximum absolute atomic E-state index is 14.6. The van der Waals surface area contributed by atoms with Crippen molar-refractivity contribution in [3.8, 4) is 23.0 Å². The van der Waals surface area contributed by atoms with Gasteiger partial charge in [0.25, 0.3) is 0 Å². The first-order valence-electron chi connectivity index (χ1n) is 25.2. The lowest BCUT2D eigenvalue weighted by molar-refractivity contribution is -0.385. The smallest absolute Gasteiger partial charge is 0.335 e. The van der Waals surface area contributed by atoms with Crippen LogP contribution in [0.2, 0.25) is 0 Å². The molecule has 406 valence electrons. The summed E-state index contributed by atoms with van der Waals surface area (Å²) >= 11 is 0. The molecule has 10 atom stereocenters. The zero-order valence-electron chi connectivity index (χ0n) is 42.3. The van der Waals surface area contributed by atoms with Crippen LogP contribution in [0.4, 0.5) is 5.69 Å². The number of benzene rings is 3. The average molecular weight is 1040 g/mol. The van der Waals surface area contributed by atoms with Gasteiger partial charge in [0.05, 0.1) is 30.7 Å². The molecular formula is C52H72N6O16. The highest BCUT2D eigenvalue weighted by Gasteiger charge is 2.47. The number of carbonyl (C=O) groups excluding carboxylic acids is 4. The number of hydrogen-bond donors (Lipinski definition) is 10. The van der Waals surface area contributed by atoms with E-state index in [4.69, 9.17) is 24.7 Å². The summed E-state index contributed by atoms with van der Waals surface area (Å²) in [5.41, 5.74) is 5.98. The fourth-order valence-electron chi connectivity index (χ4n) is 8.91. The van der Waals surface area contributed by atoms with Crippen LogP contribution in [0.1, 0.15) is 114 Å². The highest BCUT2D eigenvalue weighted by atomic mass is 16.7. The van der Waals surface area contributed by atoms with Gasteiger partial charge in [-0.05, 0) is 53.6 Å². The molecule has 0 aliphatic carbocycles. The highest BCUT2D eigenvalue weighted by molar-refractivity contribution is 5.93. The third-order valence-corrected chi connectivity index (χ3v) is 12.9. The van der Waals surface area contributed by atoms with Gasteiger partial charge in [-0.1, -0.05) is 109 Å². The predicted molar refractivity (Wildman–Crippen MR) is 268 cm³/mol. The summed E-state index contributed by atoms with van der Waals surface area (Å²) in [6.45, 7) is 5.03. The van der Waals surface area contributed by atoms with Crippen LogP contribution < -0.4 is 41.2 Å². The SMILES string of the molecule is CCCCCCCCCCCC(=O)N[C@H]1[C@H](Oc2cc3cc(c2OC)Oc2ccc(cc2[N+](=O)[O-])C[C@H](NC(=O)[C@H](N)CC(C)C)C(=O)N[C@H](Cc2ccccc2)C(=O)N[C@H]3[C@@H](O)C(=O)O)O[C@H](CO)[C@@H](O)[C@@H]1O. The second-order valence-corrected chi connectivity index (χ2v) is 19.2. The van der Waals surface area contributed by atoms with Crippen molar-refractivity contribution < 1.29 is 73.4 Å². The minimum Gasteiger partial charge on any atom is -0.490 e. The van der Waals surface area contributed by atoms with Crippen LogP contribution in [0.3, 0.4) is 0 Å². The van der Waals surface area contributed by atoms with Crippen LogP contribution in [-0.2, 0) is 41.6 Å². The summed E-state index contributed by atoms with van der Waals surface area (Å²) in [7, 11) is 1.17. The highest BCUT2D eigenvalue weighted by Crippen LogP contribution is 2.45. The zero-order chi connectivity index (χ0) is 54.1. The number of rotatable bonds is 24. The first-order valence-corrected chi connectivity index (χ1v) is 25.2. The van der Waals surface area contributed by atoms with Gasteiger partial charge in [-0.2, -0.15) is 0 Å². The van der Waals surface area contributed by atoms with E-state index in [1.54, 1.807) is 30.3 Å². The Hall–Kier alpha value is -6.43. The molecule has 3 aliphatic heterocycles. The first kappa shape index (κ1) is 58.5. The first-order chi connectivity index (χ1) is 35.3. The average Bonchev–Trinajstić information content (AvgIpc) is 3.36. The molecule has 1 fully saturated rings. The fourth-order valence-corrected chi connectivity index (χ4v) is 8.91. The van der Waals surface area contributed by atoms with Crippen molar-refractivity contribution in [1.29, 1.82) is 0 Å². The molecule has 3 aliphatic rings. The molecule has 0 spiro atoms. The molecule has 0 radical (unpaired) electrons. The Kier molecular flexibility index (Phi) is 22.4. The Balaban J connectivity index is 1.61. The van der Waals surface area contributed by atoms with E-state index in [0.29, 0.717) is 12.0 Å². The lowest BCUT2D eigenvalue weighted by Crippen LogP contribution is -2.65. The third kappa shape index (κ3) is 16.3. The molecule has 22 heteroatoms. The zero-order valence-corrected chi connectivity index (χ0v) is 42.3. The monoisotopic (exact) mass is 1040 g/mol. The van der Waals surface area contributed by atoms with Crippen LogP contribution in [0.15, 0.2) is 60.7 Å². The number of nitro benzene ring substituents is 1. The van der Waals surface area contributed by atoms with Crippen LogP contribution >= 0.6 is 0 Å². The van der Waals surface area contributed by atoms with E-state index in [1.165, 1.54) is 32.1 Å². The number of nitrogens with zero attached hydrogens (tertiary/aromatic N) is 1. The van der Waals surface area contributed by atoms with E-state index in [9.17, 15) is 59.6 Å². The molecule has 3 aromatic carbocycles. The van der Waals surface area contributed by atoms with Crippen molar-refractivity contribution in [3.63, 3.8) is 0 Å². The van der Waals surface area contributed by atoms with Crippen molar-refractivity contribution in [1.82, 2.24) is 21.3 Å². The molecule has 0 saturated carbocycles. The summed E-state index contributed by atoms with van der Waals surface area (Å²) in [6, 6.07) is 6.91. The molecular weight excluding hydrogens is 965 g/mol. The van der Waals surface area contributed by atoms with Crippen LogP contribution in [-0.4, -0.2) is 129 Å². The lowest BCUT2D eigenvalue weighted by atomic mass is 9.96. The number of aliphatic hydroxyl groups is 4. The second-order valence-electron chi connectivity index (χ2n) is 19.2. The maximum atomic E-state index is 14.6. The van der Waals surface area contributed by atoms with Gasteiger partial charge in [0.15, 0.2) is 17.6 Å². The van der Waals surface area contributed by atoms with Crippen LogP contribution in [0.25, 0.3) is 0 Å². The van der Waals surface area contributed by atoms with E-state index in [0.717, 1.165) is 56.7 Å². The van der Waals surface area contributed by atoms with E-state index in [-0.39, 0.29) is 48.5 Å². The lowest BCUT2D eigenvalue weighted by Gasteiger charge is -2.42. The summed E-state index contributed by atoms with van der Waals surface area (Å²) in [5, 5.41) is 77.5. The predicted octanol–water partition coefficient (Wildman–Crippen LogP) is 3.36. The number of ether oxygens (including phenoxy) is 4. The van der Waals surface area contributed by atoms with Gasteiger partial charge < -0.3 is 71.5 Å². The van der Waals surface area contributed by atoms with Crippen LogP contribution in [0.5, 0.6) is 23.0 Å². The number of aliphatic hydroxyl groups excluding tert-OH is 4. The van der Waals surface area contributed by atoms with E-state index < -0.39 is 125 Å². The molecule has 3 aromatic rings. The molecule has 74 heavy (non-hydrogen) atoms. The largest absolute Gasteiger partial charge is 0.490 e. The van der Waals surface area contributed by atoms with Crippen molar-refractivity contribution in [3.05, 3.63) is 87.5 Å². The Morgan fingerprint density at radius 2 is 1.58 bits per heavy atom. The van der Waals surface area contributed by atoms with Crippen molar-refractivity contribution in [2.24, 2.45) is 11.7 Å². The maximum Gasteiger partial charge on any atom is 0.335 e. The number of carbonyl (C=O) groups is 5. The van der Waals surface area contributed by atoms with Gasteiger partial charge in [-0.15, -0.1) is 0 Å². The molecule has 11 N–H and O–H groups in total. The fraction of sp³-hybridized carbons (Fsp3) is 0.558. The minimum absolute atomic E-state index is 0.00421. The number of nitro groups is 1. The number of unbranched alkanes of at least 4 members (excludes halogenated alkanes) is 8. The number of aliphatic carboxylic acids is 1. The topological polar surface area (TPSA) is 341 Å². The van der Waals surface area contributed by atoms with Gasteiger partial charge in [0, 0.05) is 25.3 Å². The number of carboxylic acid groups (broad SMARTS) is 1. The molecule has 4 amide bonds. The van der Waals surface area contributed by atoms with Gasteiger partial charge in [-0.3, -0.25) is 29.3 Å². The molecule has 22 nitrogen and oxygen atoms in total. The van der Waals surface area contributed by atoms with Crippen molar-refractivity contribution in [2.75, 3.05) is 13.7 Å². The number of hydrogen-bond acceptors (Lipinski definition) is 16. The molecule has 3 heterocycles. The molecule has 0 aromatic heterocycles. The summed E-state index contributed by atoms with van der Waals surface area (Å²) in [6.07, 6.45) is -0.450. The quantitative estimate of drug-likeness (QED) is 0.0349. The van der Waals surface area contributed by atoms with E-state index in [1.807, 2.05) is 13.8 Å². The molecule has 6 rings (SSSR count). The Morgan fingerprint density at radius 3 is 2.20 bits per heavy atom. The van der Waals surface area contributed by atoms with Gasteiger partial charge in [0.2, 0.25) is 41.4 Å². The Morgan fingerprint density at radius 1 is 0.905 bits per heavy atom. The number of nitrogens with two attached hydrogens (primary N) is 1. The normalized spacial score (nSPS) is 22.9. The molecule has 1 saturated heterocycles. The Labute approximate surface area is 429 Å². The minimum atomic E-state index is -2.45. The number of carboxylic acids is 1. The van der Waals surface area contributed by atoms with Crippen LogP contribution in [0, 0.1) is 16.0 Å². The number of fused-ring (bicyclic) bond motifs is 9. The van der Waals surface area contributed by atoms with Crippen molar-refractivity contribution >= 4 is 35.3 Å². The Bertz CT molecular complexity index is 2370. The summed E-state index contributed by atoms with van der Waals surface area (Å²) in [5.74, 6) is -6.54. The summed E-state index contributed by atoms with van der Waals surface area (Å²) in [4.78, 5) is 80.6. The third-order valence-electron chi connectivity index (χ3n) is 12.9. The van der Waals surface area contributed by atoms with Gasteiger partial charge in [-0.25, -0.2) is 4.79 Å². The number of amides is 4. The van der Waals surface area contributed by atoms with Gasteiger partial charge in [0.1, 0.15) is 36.4 Å². The van der Waals surface area contributed by atoms with Crippen molar-refractivity contribution in [2.45, 2.75) is 165 Å². The van der Waals surface area contributed by atoms with E-state index in [2.05, 4.69) is 28.2 Å². The molecule has 4 bridgehead atoms.